The molecule has 2 rings (SSSR count). The Kier molecular flexibility index (Phi) is 2.44. The third kappa shape index (κ3) is 1.38. The molecular weight excluding hydrogens is 198 g/mol. The predicted octanol–water partition coefficient (Wildman–Crippen LogP) is 1.96. The van der Waals surface area contributed by atoms with Gasteiger partial charge in [-0.15, -0.1) is 0 Å². The van der Waals surface area contributed by atoms with Gasteiger partial charge in [0, 0.05) is 17.6 Å². The molecule has 0 spiro atoms. The van der Waals surface area contributed by atoms with Crippen LogP contribution in [0.2, 0.25) is 5.02 Å². The molecule has 14 heavy (non-hydrogen) atoms. The van der Waals surface area contributed by atoms with Crippen molar-refractivity contribution in [2.24, 2.45) is 5.73 Å². The van der Waals surface area contributed by atoms with E-state index in [1.807, 2.05) is 29.8 Å². The zero-order valence-electron chi connectivity index (χ0n) is 8.00. The summed E-state index contributed by atoms with van der Waals surface area (Å²) in [6.07, 6.45) is 0. The van der Waals surface area contributed by atoms with Gasteiger partial charge < -0.3 is 5.73 Å². The summed E-state index contributed by atoms with van der Waals surface area (Å²) in [6.45, 7) is 3.33. The largest absolute Gasteiger partial charge is 0.329 e. The van der Waals surface area contributed by atoms with Gasteiger partial charge in [0.05, 0.1) is 17.1 Å². The Morgan fingerprint density at radius 1 is 1.50 bits per heavy atom. The van der Waals surface area contributed by atoms with Gasteiger partial charge in [0.15, 0.2) is 0 Å². The maximum atomic E-state index is 6.09. The van der Waals surface area contributed by atoms with E-state index >= 15 is 0 Å². The number of aryl methyl sites for hydroxylation is 1. The van der Waals surface area contributed by atoms with Crippen molar-refractivity contribution in [2.75, 3.05) is 6.54 Å². The molecular formula is C10H12ClN3. The number of rotatable bonds is 2. The first-order valence-electron chi connectivity index (χ1n) is 4.55. The SMILES string of the molecule is Cc1c2c(Cl)cccc2nn1CCN. The Hall–Kier alpha value is -1.06. The first kappa shape index (κ1) is 9.49. The number of fused-ring (bicyclic) bond motifs is 1. The molecule has 0 aliphatic heterocycles. The van der Waals surface area contributed by atoms with Crippen molar-refractivity contribution in [1.29, 1.82) is 0 Å². The fraction of sp³-hybridized carbons (Fsp3) is 0.300. The molecule has 2 aromatic rings. The summed E-state index contributed by atoms with van der Waals surface area (Å²) in [4.78, 5) is 0. The molecule has 0 saturated heterocycles. The second-order valence-corrected chi connectivity index (χ2v) is 3.64. The van der Waals surface area contributed by atoms with Gasteiger partial charge in [-0.2, -0.15) is 5.10 Å². The molecule has 0 atom stereocenters. The van der Waals surface area contributed by atoms with E-state index in [4.69, 9.17) is 17.3 Å². The van der Waals surface area contributed by atoms with Gasteiger partial charge in [0.25, 0.3) is 0 Å². The Morgan fingerprint density at radius 3 is 2.93 bits per heavy atom. The van der Waals surface area contributed by atoms with E-state index in [1.54, 1.807) is 0 Å². The van der Waals surface area contributed by atoms with Crippen LogP contribution in [0, 0.1) is 6.92 Å². The minimum absolute atomic E-state index is 0.590. The zero-order chi connectivity index (χ0) is 10.1. The third-order valence-corrected chi connectivity index (χ3v) is 2.62. The summed E-state index contributed by atoms with van der Waals surface area (Å²) >= 11 is 6.09. The highest BCUT2D eigenvalue weighted by atomic mass is 35.5. The van der Waals surface area contributed by atoms with Gasteiger partial charge in [0.2, 0.25) is 0 Å². The number of hydrogen-bond donors (Lipinski definition) is 1. The van der Waals surface area contributed by atoms with Gasteiger partial charge >= 0.3 is 0 Å². The van der Waals surface area contributed by atoms with Crippen LogP contribution in [-0.4, -0.2) is 16.3 Å². The topological polar surface area (TPSA) is 43.8 Å². The number of nitrogens with two attached hydrogens (primary N) is 1. The number of aromatic nitrogens is 2. The van der Waals surface area contributed by atoms with Crippen LogP contribution in [0.5, 0.6) is 0 Å². The first-order valence-corrected chi connectivity index (χ1v) is 4.93. The van der Waals surface area contributed by atoms with Crippen LogP contribution < -0.4 is 5.73 Å². The zero-order valence-corrected chi connectivity index (χ0v) is 8.75. The Labute approximate surface area is 87.5 Å². The molecule has 1 heterocycles. The van der Waals surface area contributed by atoms with Crippen LogP contribution >= 0.6 is 11.6 Å². The molecule has 0 bridgehead atoms. The lowest BCUT2D eigenvalue weighted by Gasteiger charge is -2.00. The van der Waals surface area contributed by atoms with Crippen LogP contribution in [0.1, 0.15) is 5.69 Å². The quantitative estimate of drug-likeness (QED) is 0.822. The minimum Gasteiger partial charge on any atom is -0.329 e. The van der Waals surface area contributed by atoms with Gasteiger partial charge in [0.1, 0.15) is 0 Å². The summed E-state index contributed by atoms with van der Waals surface area (Å²) in [6, 6.07) is 5.75. The summed E-state index contributed by atoms with van der Waals surface area (Å²) in [5.41, 5.74) is 7.51. The van der Waals surface area contributed by atoms with Gasteiger partial charge in [-0.05, 0) is 19.1 Å². The number of nitrogens with zero attached hydrogens (tertiary/aromatic N) is 2. The van der Waals surface area contributed by atoms with Crippen LogP contribution in [0.4, 0.5) is 0 Å². The van der Waals surface area contributed by atoms with Crippen LogP contribution in [-0.2, 0) is 6.54 Å². The number of benzene rings is 1. The van der Waals surface area contributed by atoms with E-state index in [9.17, 15) is 0 Å². The highest BCUT2D eigenvalue weighted by Gasteiger charge is 2.08. The van der Waals surface area contributed by atoms with Gasteiger partial charge in [-0.25, -0.2) is 0 Å². The summed E-state index contributed by atoms with van der Waals surface area (Å²) < 4.78 is 1.90. The molecule has 1 aromatic carbocycles. The Balaban J connectivity index is 2.68. The fourth-order valence-electron chi connectivity index (χ4n) is 1.63. The molecule has 0 aliphatic rings. The van der Waals surface area contributed by atoms with Gasteiger partial charge in [-0.3, -0.25) is 4.68 Å². The van der Waals surface area contributed by atoms with Crippen LogP contribution in [0.3, 0.4) is 0 Å². The van der Waals surface area contributed by atoms with Crippen LogP contribution in [0.25, 0.3) is 10.9 Å². The lowest BCUT2D eigenvalue weighted by atomic mass is 10.2. The lowest BCUT2D eigenvalue weighted by molar-refractivity contribution is 0.614. The smallest absolute Gasteiger partial charge is 0.0941 e. The fourth-order valence-corrected chi connectivity index (χ4v) is 1.93. The Bertz CT molecular complexity index is 462. The van der Waals surface area contributed by atoms with E-state index < -0.39 is 0 Å². The first-order chi connectivity index (χ1) is 6.74. The molecule has 0 unspecified atom stereocenters. The average molecular weight is 210 g/mol. The van der Waals surface area contributed by atoms with E-state index in [2.05, 4.69) is 5.10 Å². The van der Waals surface area contributed by atoms with E-state index in [0.29, 0.717) is 6.54 Å². The maximum Gasteiger partial charge on any atom is 0.0941 e. The Morgan fingerprint density at radius 2 is 2.29 bits per heavy atom. The van der Waals surface area contributed by atoms with Crippen molar-refractivity contribution in [3.8, 4) is 0 Å². The van der Waals surface area contributed by atoms with Crippen molar-refractivity contribution < 1.29 is 0 Å². The molecule has 74 valence electrons. The van der Waals surface area contributed by atoms with Crippen molar-refractivity contribution in [3.05, 3.63) is 28.9 Å². The van der Waals surface area contributed by atoms with Crippen molar-refractivity contribution in [2.45, 2.75) is 13.5 Å². The summed E-state index contributed by atoms with van der Waals surface area (Å²) in [7, 11) is 0. The van der Waals surface area contributed by atoms with Crippen molar-refractivity contribution >= 4 is 22.5 Å². The third-order valence-electron chi connectivity index (χ3n) is 2.31. The predicted molar refractivity (Wildman–Crippen MR) is 58.5 cm³/mol. The monoisotopic (exact) mass is 209 g/mol. The normalized spacial score (nSPS) is 11.1. The second kappa shape index (κ2) is 3.59. The van der Waals surface area contributed by atoms with E-state index in [1.165, 1.54) is 0 Å². The average Bonchev–Trinajstić information content (AvgIpc) is 2.46. The molecule has 2 N–H and O–H groups in total. The van der Waals surface area contributed by atoms with Gasteiger partial charge in [-0.1, -0.05) is 17.7 Å². The van der Waals surface area contributed by atoms with E-state index in [-0.39, 0.29) is 0 Å². The van der Waals surface area contributed by atoms with Crippen LogP contribution in [0.15, 0.2) is 18.2 Å². The molecule has 1 aromatic heterocycles. The standard InChI is InChI=1S/C10H12ClN3/c1-7-10-8(11)3-2-4-9(10)13-14(7)6-5-12/h2-4H,5-6,12H2,1H3. The minimum atomic E-state index is 0.590. The maximum absolute atomic E-state index is 6.09. The molecule has 0 saturated carbocycles. The van der Waals surface area contributed by atoms with Crippen molar-refractivity contribution in [1.82, 2.24) is 9.78 Å². The molecule has 0 amide bonds. The molecule has 4 heteroatoms. The number of hydrogen-bond acceptors (Lipinski definition) is 2. The molecule has 0 fully saturated rings. The highest BCUT2D eigenvalue weighted by molar-refractivity contribution is 6.35. The summed E-state index contributed by atoms with van der Waals surface area (Å²) in [5.74, 6) is 0. The summed E-state index contributed by atoms with van der Waals surface area (Å²) in [5, 5.41) is 6.20. The van der Waals surface area contributed by atoms with E-state index in [0.717, 1.165) is 28.2 Å². The molecule has 0 radical (unpaired) electrons. The number of halogens is 1. The highest BCUT2D eigenvalue weighted by Crippen LogP contribution is 2.25. The molecule has 3 nitrogen and oxygen atoms in total. The molecule has 0 aliphatic carbocycles. The second-order valence-electron chi connectivity index (χ2n) is 3.23. The van der Waals surface area contributed by atoms with Crippen molar-refractivity contribution in [3.63, 3.8) is 0 Å². The lowest BCUT2D eigenvalue weighted by Crippen LogP contribution is -2.11.